The number of amides is 1. The number of hydrogen-bond donors (Lipinski definition) is 1. The fourth-order valence-electron chi connectivity index (χ4n) is 2.36. The van der Waals surface area contributed by atoms with Crippen molar-refractivity contribution in [3.63, 3.8) is 0 Å². The maximum Gasteiger partial charge on any atom is 0.267 e. The van der Waals surface area contributed by atoms with Crippen LogP contribution in [0.1, 0.15) is 42.1 Å². The first-order valence-corrected chi connectivity index (χ1v) is 8.24. The van der Waals surface area contributed by atoms with Crippen LogP contribution in [-0.4, -0.2) is 62.5 Å². The van der Waals surface area contributed by atoms with E-state index >= 15 is 0 Å². The zero-order valence-electron chi connectivity index (χ0n) is 12.6. The number of nitrogens with zero attached hydrogens (tertiary/aromatic N) is 4. The normalized spacial score (nSPS) is 18.0. The van der Waals surface area contributed by atoms with Gasteiger partial charge >= 0.3 is 0 Å². The Labute approximate surface area is 134 Å². The number of carbonyl (C=O) groups is 1. The van der Waals surface area contributed by atoms with Gasteiger partial charge in [0.1, 0.15) is 4.88 Å². The van der Waals surface area contributed by atoms with E-state index in [2.05, 4.69) is 14.5 Å². The minimum absolute atomic E-state index is 0.0383. The van der Waals surface area contributed by atoms with E-state index in [9.17, 15) is 4.79 Å². The third kappa shape index (κ3) is 3.56. The minimum Gasteiger partial charge on any atom is -0.392 e. The van der Waals surface area contributed by atoms with Crippen LogP contribution in [-0.2, 0) is 0 Å². The molecule has 1 amide bonds. The van der Waals surface area contributed by atoms with Gasteiger partial charge in [-0.1, -0.05) is 30.6 Å². The van der Waals surface area contributed by atoms with E-state index in [1.165, 1.54) is 11.5 Å². The zero-order valence-corrected chi connectivity index (χ0v) is 14.2. The Morgan fingerprint density at radius 1 is 1.29 bits per heavy atom. The predicted molar refractivity (Wildman–Crippen MR) is 87.7 cm³/mol. The van der Waals surface area contributed by atoms with Gasteiger partial charge in [0.2, 0.25) is 0 Å². The molecule has 1 fully saturated rings. The number of hydrogen-bond acceptors (Lipinski definition) is 6. The molecular formula is C13H21N5OS2. The summed E-state index contributed by atoms with van der Waals surface area (Å²) in [6.45, 7) is 8.98. The van der Waals surface area contributed by atoms with Crippen LogP contribution in [0.25, 0.3) is 0 Å². The maximum absolute atomic E-state index is 12.6. The molecular weight excluding hydrogens is 306 g/mol. The lowest BCUT2D eigenvalue weighted by Gasteiger charge is -2.37. The Bertz CT molecular complexity index is 522. The van der Waals surface area contributed by atoms with Crippen molar-refractivity contribution in [3.05, 3.63) is 10.6 Å². The van der Waals surface area contributed by atoms with E-state index < -0.39 is 0 Å². The van der Waals surface area contributed by atoms with Crippen LogP contribution in [0.5, 0.6) is 0 Å². The lowest BCUT2D eigenvalue weighted by atomic mass is 10.1. The molecule has 21 heavy (non-hydrogen) atoms. The van der Waals surface area contributed by atoms with Gasteiger partial charge in [-0.2, -0.15) is 0 Å². The summed E-state index contributed by atoms with van der Waals surface area (Å²) in [6, 6.07) is 0.0774. The fraction of sp³-hybridized carbons (Fsp3) is 0.692. The molecule has 1 atom stereocenters. The fourth-order valence-corrected chi connectivity index (χ4v) is 3.30. The van der Waals surface area contributed by atoms with E-state index in [0.29, 0.717) is 23.0 Å². The van der Waals surface area contributed by atoms with E-state index in [4.69, 9.17) is 18.0 Å². The molecule has 2 rings (SSSR count). The van der Waals surface area contributed by atoms with E-state index in [-0.39, 0.29) is 17.9 Å². The zero-order chi connectivity index (χ0) is 15.6. The summed E-state index contributed by atoms with van der Waals surface area (Å²) >= 11 is 6.22. The quantitative estimate of drug-likeness (QED) is 0.835. The molecule has 0 aromatic carbocycles. The third-order valence-corrected chi connectivity index (χ3v) is 4.89. The summed E-state index contributed by atoms with van der Waals surface area (Å²) in [5.41, 5.74) is 6.48. The lowest BCUT2D eigenvalue weighted by molar-refractivity contribution is 0.0625. The lowest BCUT2D eigenvalue weighted by Crippen LogP contribution is -2.53. The number of rotatable bonds is 4. The Morgan fingerprint density at radius 3 is 2.43 bits per heavy atom. The first-order chi connectivity index (χ1) is 9.91. The Kier molecular flexibility index (Phi) is 5.23. The maximum atomic E-state index is 12.6. The SMILES string of the molecule is CC(C)c1nnsc1C(=O)N1CCN(C(C)C(N)=S)CC1. The van der Waals surface area contributed by atoms with Crippen LogP contribution in [0.3, 0.4) is 0 Å². The molecule has 1 aromatic rings. The van der Waals surface area contributed by atoms with Crippen LogP contribution >= 0.6 is 23.8 Å². The number of nitrogens with two attached hydrogens (primary N) is 1. The van der Waals surface area contributed by atoms with Gasteiger partial charge in [-0.3, -0.25) is 9.69 Å². The topological polar surface area (TPSA) is 75.4 Å². The van der Waals surface area contributed by atoms with Gasteiger partial charge in [0.05, 0.1) is 16.7 Å². The molecule has 1 aliphatic heterocycles. The van der Waals surface area contributed by atoms with Crippen LogP contribution in [0.2, 0.25) is 0 Å². The Balaban J connectivity index is 2.00. The number of carbonyl (C=O) groups excluding carboxylic acids is 1. The van der Waals surface area contributed by atoms with Gasteiger partial charge in [-0.05, 0) is 24.4 Å². The summed E-state index contributed by atoms with van der Waals surface area (Å²) < 4.78 is 3.93. The molecule has 1 aliphatic rings. The van der Waals surface area contributed by atoms with Crippen LogP contribution in [0.4, 0.5) is 0 Å². The van der Waals surface area contributed by atoms with Gasteiger partial charge in [0.15, 0.2) is 0 Å². The molecule has 6 nitrogen and oxygen atoms in total. The van der Waals surface area contributed by atoms with Crippen molar-refractivity contribution in [2.45, 2.75) is 32.7 Å². The summed E-state index contributed by atoms with van der Waals surface area (Å²) in [4.78, 5) is 17.8. The molecule has 1 aromatic heterocycles. The van der Waals surface area contributed by atoms with E-state index in [1.807, 2.05) is 25.7 Å². The summed E-state index contributed by atoms with van der Waals surface area (Å²) in [5, 5.41) is 4.07. The van der Waals surface area contributed by atoms with Crippen molar-refractivity contribution in [3.8, 4) is 0 Å². The second-order valence-corrected chi connectivity index (χ2v) is 6.77. The summed E-state index contributed by atoms with van der Waals surface area (Å²) in [5.74, 6) is 0.245. The number of piperazine rings is 1. The molecule has 0 bridgehead atoms. The smallest absolute Gasteiger partial charge is 0.267 e. The molecule has 1 unspecified atom stereocenters. The highest BCUT2D eigenvalue weighted by Gasteiger charge is 2.28. The van der Waals surface area contributed by atoms with Gasteiger partial charge in [-0.25, -0.2) is 0 Å². The Morgan fingerprint density at radius 2 is 1.90 bits per heavy atom. The van der Waals surface area contributed by atoms with Gasteiger partial charge in [0.25, 0.3) is 5.91 Å². The minimum atomic E-state index is 0.0383. The molecule has 0 aliphatic carbocycles. The third-order valence-electron chi connectivity index (χ3n) is 3.82. The van der Waals surface area contributed by atoms with Crippen molar-refractivity contribution in [1.82, 2.24) is 19.4 Å². The average Bonchev–Trinajstić information content (AvgIpc) is 2.95. The second kappa shape index (κ2) is 6.76. The summed E-state index contributed by atoms with van der Waals surface area (Å²) in [7, 11) is 0. The predicted octanol–water partition coefficient (Wildman–Crippen LogP) is 1.09. The largest absolute Gasteiger partial charge is 0.392 e. The Hall–Kier alpha value is -1.12. The first kappa shape index (κ1) is 16.3. The molecule has 8 heteroatoms. The average molecular weight is 327 g/mol. The number of aromatic nitrogens is 2. The molecule has 0 spiro atoms. The molecule has 1 saturated heterocycles. The van der Waals surface area contributed by atoms with Crippen LogP contribution in [0.15, 0.2) is 0 Å². The first-order valence-electron chi connectivity index (χ1n) is 7.06. The van der Waals surface area contributed by atoms with Gasteiger partial charge in [0, 0.05) is 26.2 Å². The highest BCUT2D eigenvalue weighted by molar-refractivity contribution is 7.80. The molecule has 2 heterocycles. The van der Waals surface area contributed by atoms with Crippen LogP contribution in [0, 0.1) is 0 Å². The van der Waals surface area contributed by atoms with Crippen molar-refractivity contribution in [2.24, 2.45) is 5.73 Å². The molecule has 2 N–H and O–H groups in total. The van der Waals surface area contributed by atoms with Crippen molar-refractivity contribution in [1.29, 1.82) is 0 Å². The molecule has 116 valence electrons. The standard InChI is InChI=1S/C13H21N5OS2/c1-8(2)10-11(21-16-15-10)13(19)18-6-4-17(5-7-18)9(3)12(14)20/h8-9H,4-7H2,1-3H3,(H2,14,20). The highest BCUT2D eigenvalue weighted by atomic mass is 32.1. The van der Waals surface area contributed by atoms with Crippen molar-refractivity contribution in [2.75, 3.05) is 26.2 Å². The highest BCUT2D eigenvalue weighted by Crippen LogP contribution is 2.22. The van der Waals surface area contributed by atoms with Crippen molar-refractivity contribution >= 4 is 34.6 Å². The van der Waals surface area contributed by atoms with Crippen molar-refractivity contribution < 1.29 is 4.79 Å². The van der Waals surface area contributed by atoms with Gasteiger partial charge < -0.3 is 10.6 Å². The second-order valence-electron chi connectivity index (χ2n) is 5.55. The molecule has 0 saturated carbocycles. The summed E-state index contributed by atoms with van der Waals surface area (Å²) in [6.07, 6.45) is 0. The van der Waals surface area contributed by atoms with E-state index in [0.717, 1.165) is 18.8 Å². The monoisotopic (exact) mass is 327 g/mol. The number of thiocarbonyl (C=S) groups is 1. The molecule has 0 radical (unpaired) electrons. The van der Waals surface area contributed by atoms with E-state index in [1.54, 1.807) is 0 Å². The van der Waals surface area contributed by atoms with Gasteiger partial charge in [-0.15, -0.1) is 5.10 Å². The van der Waals surface area contributed by atoms with Crippen LogP contribution < -0.4 is 5.73 Å².